The Kier molecular flexibility index (Phi) is 12.6. The molecule has 1 heterocycles. The van der Waals surface area contributed by atoms with E-state index in [4.69, 9.17) is 9.78 Å². The maximum absolute atomic E-state index is 4.77. The first-order valence-electron chi connectivity index (χ1n) is 7.74. The summed E-state index contributed by atoms with van der Waals surface area (Å²) < 4.78 is 0. The van der Waals surface area contributed by atoms with Gasteiger partial charge in [0.25, 0.3) is 0 Å². The van der Waals surface area contributed by atoms with Crippen molar-refractivity contribution < 1.29 is 24.9 Å². The van der Waals surface area contributed by atoms with Crippen molar-refractivity contribution in [2.45, 2.75) is 77.0 Å². The molecule has 1 aliphatic rings. The first-order valence-corrected chi connectivity index (χ1v) is 7.74. The van der Waals surface area contributed by atoms with E-state index in [0.29, 0.717) is 13.2 Å². The normalized spacial score (nSPS) is 24.0. The van der Waals surface area contributed by atoms with E-state index < -0.39 is 0 Å². The average molecular weight is 276 g/mol. The lowest BCUT2D eigenvalue weighted by Gasteiger charge is -2.02. The number of rotatable bonds is 0. The van der Waals surface area contributed by atoms with E-state index in [1.165, 1.54) is 64.2 Å². The van der Waals surface area contributed by atoms with Crippen LogP contribution in [0.2, 0.25) is 0 Å². The zero-order chi connectivity index (χ0) is 13.4. The van der Waals surface area contributed by atoms with E-state index in [-0.39, 0.29) is 0 Å². The monoisotopic (exact) mass is 276 g/mol. The molecule has 5 nitrogen and oxygen atoms in total. The van der Waals surface area contributed by atoms with Crippen LogP contribution >= 0.6 is 0 Å². The van der Waals surface area contributed by atoms with Crippen LogP contribution in [0.4, 0.5) is 0 Å². The van der Waals surface area contributed by atoms with E-state index in [1.54, 1.807) is 0 Å². The largest absolute Gasteiger partial charge is 0.204 e. The third kappa shape index (κ3) is 12.6. The highest BCUT2D eigenvalue weighted by Gasteiger charge is 1.97. The van der Waals surface area contributed by atoms with Gasteiger partial charge in [-0.25, -0.2) is 9.78 Å². The first kappa shape index (κ1) is 16.9. The van der Waals surface area contributed by atoms with Crippen molar-refractivity contribution in [3.63, 3.8) is 0 Å². The second-order valence-corrected chi connectivity index (χ2v) is 5.09. The topological polar surface area (TPSA) is 46.2 Å². The molecule has 1 fully saturated rings. The molecular weight excluding hydrogens is 248 g/mol. The molecule has 0 aromatic carbocycles. The lowest BCUT2D eigenvalue weighted by Crippen LogP contribution is -2.02. The molecule has 0 radical (unpaired) electrons. The molecule has 0 N–H and O–H groups in total. The highest BCUT2D eigenvalue weighted by Crippen LogP contribution is 2.12. The predicted molar refractivity (Wildman–Crippen MR) is 70.6 cm³/mol. The summed E-state index contributed by atoms with van der Waals surface area (Å²) in [6.45, 7) is 1.03. The summed E-state index contributed by atoms with van der Waals surface area (Å²) in [4.78, 5) is 9.54. The zero-order valence-corrected chi connectivity index (χ0v) is 11.9. The van der Waals surface area contributed by atoms with Gasteiger partial charge in [0.2, 0.25) is 0 Å². The Morgan fingerprint density at radius 1 is 0.316 bits per heavy atom. The van der Waals surface area contributed by atoms with Crippen molar-refractivity contribution in [1.29, 1.82) is 0 Å². The molecule has 1 saturated heterocycles. The van der Waals surface area contributed by atoms with Crippen molar-refractivity contribution in [3.05, 3.63) is 0 Å². The smallest absolute Gasteiger partial charge is 0.0855 e. The molecule has 0 amide bonds. The second-order valence-electron chi connectivity index (χ2n) is 5.09. The van der Waals surface area contributed by atoms with Crippen molar-refractivity contribution in [2.24, 2.45) is 0 Å². The Labute approximate surface area is 116 Å². The summed E-state index contributed by atoms with van der Waals surface area (Å²) in [6.07, 6.45) is 15.0. The molecule has 114 valence electrons. The minimum atomic E-state index is 0.517. The summed E-state index contributed by atoms with van der Waals surface area (Å²) in [5.74, 6) is 0. The van der Waals surface area contributed by atoms with Crippen molar-refractivity contribution in [2.75, 3.05) is 13.2 Å². The third-order valence-corrected chi connectivity index (χ3v) is 3.36. The summed E-state index contributed by atoms with van der Waals surface area (Å²) in [7, 11) is 0. The van der Waals surface area contributed by atoms with E-state index in [2.05, 4.69) is 15.1 Å². The Balaban J connectivity index is 2.01. The summed E-state index contributed by atoms with van der Waals surface area (Å²) in [5.41, 5.74) is 0. The molecule has 0 aliphatic carbocycles. The molecule has 0 aromatic heterocycles. The van der Waals surface area contributed by atoms with Crippen LogP contribution in [0.5, 0.6) is 0 Å². The molecule has 0 spiro atoms. The van der Waals surface area contributed by atoms with Gasteiger partial charge in [-0.2, -0.15) is 0 Å². The van der Waals surface area contributed by atoms with Crippen LogP contribution in [0.3, 0.4) is 0 Å². The molecule has 5 heteroatoms. The predicted octanol–water partition coefficient (Wildman–Crippen LogP) is 4.42. The molecule has 1 rings (SSSR count). The highest BCUT2D eigenvalue weighted by atomic mass is 17.8. The van der Waals surface area contributed by atoms with Gasteiger partial charge in [0.1, 0.15) is 0 Å². The van der Waals surface area contributed by atoms with E-state index in [0.717, 1.165) is 12.8 Å². The van der Waals surface area contributed by atoms with Crippen LogP contribution in [0.25, 0.3) is 0 Å². The van der Waals surface area contributed by atoms with Crippen LogP contribution in [0.1, 0.15) is 77.0 Å². The summed E-state index contributed by atoms with van der Waals surface area (Å²) >= 11 is 0. The maximum Gasteiger partial charge on any atom is 0.0855 e. The van der Waals surface area contributed by atoms with Gasteiger partial charge in [0.05, 0.1) is 13.2 Å². The minimum Gasteiger partial charge on any atom is -0.204 e. The van der Waals surface area contributed by atoms with Crippen LogP contribution in [0.15, 0.2) is 0 Å². The molecule has 0 aromatic rings. The standard InChI is InChI=1S/C14H28O5/c1-2-4-6-8-10-12-14-16-18-19-17-15-13-11-9-7-5-3-1/h1-14H2. The molecule has 1 aliphatic heterocycles. The van der Waals surface area contributed by atoms with Crippen LogP contribution in [-0.4, -0.2) is 13.2 Å². The van der Waals surface area contributed by atoms with Gasteiger partial charge in [-0.15, -0.1) is 0 Å². The average Bonchev–Trinajstić information content (AvgIpc) is 2.43. The van der Waals surface area contributed by atoms with Crippen LogP contribution < -0.4 is 0 Å². The quantitative estimate of drug-likeness (QED) is 0.613. The SMILES string of the molecule is C1CCCCCCCOOOOOCCCCCC1. The fourth-order valence-electron chi connectivity index (χ4n) is 2.21. The summed E-state index contributed by atoms with van der Waals surface area (Å²) in [6, 6.07) is 0. The molecular formula is C14H28O5. The molecule has 19 heavy (non-hydrogen) atoms. The van der Waals surface area contributed by atoms with Gasteiger partial charge >= 0.3 is 0 Å². The van der Waals surface area contributed by atoms with Gasteiger partial charge in [0.15, 0.2) is 0 Å². The number of hydrogen-bond acceptors (Lipinski definition) is 5. The summed E-state index contributed by atoms with van der Waals surface area (Å²) in [5, 5.41) is 13.0. The molecule has 0 bridgehead atoms. The Bertz CT molecular complexity index is 96.5. The highest BCUT2D eigenvalue weighted by molar-refractivity contribution is 4.48. The number of hydrogen-bond donors (Lipinski definition) is 0. The lowest BCUT2D eigenvalue weighted by atomic mass is 10.1. The molecule has 0 atom stereocenters. The van der Waals surface area contributed by atoms with Gasteiger partial charge in [0, 0.05) is 0 Å². The fourth-order valence-corrected chi connectivity index (χ4v) is 2.21. The van der Waals surface area contributed by atoms with Crippen LogP contribution in [-0.2, 0) is 24.9 Å². The van der Waals surface area contributed by atoms with E-state index in [9.17, 15) is 0 Å². The van der Waals surface area contributed by atoms with Gasteiger partial charge in [-0.1, -0.05) is 64.2 Å². The van der Waals surface area contributed by atoms with Crippen molar-refractivity contribution in [3.8, 4) is 0 Å². The minimum absolute atomic E-state index is 0.517. The van der Waals surface area contributed by atoms with Crippen LogP contribution in [0, 0.1) is 0 Å². The van der Waals surface area contributed by atoms with Gasteiger partial charge in [-0.3, -0.25) is 0 Å². The van der Waals surface area contributed by atoms with Crippen molar-refractivity contribution >= 4 is 0 Å². The third-order valence-electron chi connectivity index (χ3n) is 3.36. The zero-order valence-electron chi connectivity index (χ0n) is 11.9. The Morgan fingerprint density at radius 2 is 0.632 bits per heavy atom. The van der Waals surface area contributed by atoms with Crippen molar-refractivity contribution in [1.82, 2.24) is 0 Å². The maximum atomic E-state index is 4.77. The lowest BCUT2D eigenvalue weighted by molar-refractivity contribution is -0.708. The molecule has 0 unspecified atom stereocenters. The van der Waals surface area contributed by atoms with Gasteiger partial charge < -0.3 is 0 Å². The Hall–Kier alpha value is -0.200. The first-order chi connectivity index (χ1) is 9.50. The van der Waals surface area contributed by atoms with Gasteiger partial charge in [-0.05, 0) is 28.0 Å². The molecule has 0 saturated carbocycles. The Morgan fingerprint density at radius 3 is 1.00 bits per heavy atom. The fraction of sp³-hybridized carbons (Fsp3) is 1.00. The van der Waals surface area contributed by atoms with E-state index >= 15 is 0 Å². The van der Waals surface area contributed by atoms with E-state index in [1.807, 2.05) is 0 Å². The second kappa shape index (κ2) is 14.2.